The van der Waals surface area contributed by atoms with Crippen molar-refractivity contribution in [1.82, 2.24) is 15.1 Å². The Labute approximate surface area is 165 Å². The van der Waals surface area contributed by atoms with Crippen LogP contribution in [0.5, 0.6) is 5.75 Å². The number of piperidine rings is 1. The fraction of sp³-hybridized carbons (Fsp3) is 0.421. The highest BCUT2D eigenvalue weighted by Gasteiger charge is 2.31. The normalized spacial score (nSPS) is 17.1. The lowest BCUT2D eigenvalue weighted by atomic mass is 9.97. The summed E-state index contributed by atoms with van der Waals surface area (Å²) >= 11 is 0. The predicted octanol–water partition coefficient (Wildman–Crippen LogP) is 2.21. The van der Waals surface area contributed by atoms with Crippen molar-refractivity contribution in [2.24, 2.45) is 13.0 Å². The lowest BCUT2D eigenvalue weighted by Crippen LogP contribution is -2.43. The van der Waals surface area contributed by atoms with E-state index in [9.17, 15) is 22.8 Å². The number of alkyl halides is 3. The summed E-state index contributed by atoms with van der Waals surface area (Å²) in [5.41, 5.74) is 0.465. The van der Waals surface area contributed by atoms with Crippen LogP contribution < -0.4 is 20.5 Å². The molecule has 29 heavy (non-hydrogen) atoms. The van der Waals surface area contributed by atoms with Crippen LogP contribution in [0.1, 0.15) is 18.4 Å². The molecule has 3 rings (SSSR count). The van der Waals surface area contributed by atoms with E-state index in [2.05, 4.69) is 15.2 Å². The molecule has 1 saturated heterocycles. The zero-order chi connectivity index (χ0) is 21.0. The molecular formula is C19H21F3N4O3. The van der Waals surface area contributed by atoms with Crippen LogP contribution in [-0.4, -0.2) is 35.1 Å². The Morgan fingerprint density at radius 1 is 1.24 bits per heavy atom. The number of carbonyl (C=O) groups is 1. The Kier molecular flexibility index (Phi) is 6.09. The van der Waals surface area contributed by atoms with Crippen LogP contribution in [-0.2, 0) is 18.4 Å². The number of aryl methyl sites for hydroxylation is 1. The van der Waals surface area contributed by atoms with Gasteiger partial charge in [-0.2, -0.15) is 5.10 Å². The molecule has 10 heteroatoms. The maximum absolute atomic E-state index is 12.5. The van der Waals surface area contributed by atoms with Crippen LogP contribution in [0.15, 0.2) is 41.2 Å². The van der Waals surface area contributed by atoms with E-state index in [0.717, 1.165) is 19.4 Å². The number of amides is 1. The second-order valence-corrected chi connectivity index (χ2v) is 6.85. The summed E-state index contributed by atoms with van der Waals surface area (Å²) in [5.74, 6) is -0.0316. The molecular weight excluding hydrogens is 389 g/mol. The van der Waals surface area contributed by atoms with E-state index >= 15 is 0 Å². The van der Waals surface area contributed by atoms with E-state index in [1.165, 1.54) is 35.0 Å². The smallest absolute Gasteiger partial charge is 0.406 e. The fourth-order valence-electron chi connectivity index (χ4n) is 3.20. The van der Waals surface area contributed by atoms with Gasteiger partial charge in [0, 0.05) is 32.7 Å². The van der Waals surface area contributed by atoms with E-state index in [1.807, 2.05) is 4.90 Å². The topological polar surface area (TPSA) is 76.5 Å². The second-order valence-electron chi connectivity index (χ2n) is 6.85. The van der Waals surface area contributed by atoms with Crippen molar-refractivity contribution < 1.29 is 22.7 Å². The highest BCUT2D eigenvalue weighted by molar-refractivity contribution is 5.79. The second kappa shape index (κ2) is 8.54. The number of nitrogens with one attached hydrogen (secondary N) is 1. The Morgan fingerprint density at radius 2 is 1.97 bits per heavy atom. The molecule has 1 amide bonds. The third-order valence-electron chi connectivity index (χ3n) is 4.69. The zero-order valence-corrected chi connectivity index (χ0v) is 15.8. The molecule has 1 aromatic heterocycles. The minimum absolute atomic E-state index is 0.130. The molecule has 0 saturated carbocycles. The van der Waals surface area contributed by atoms with E-state index in [1.54, 1.807) is 13.1 Å². The molecule has 156 valence electrons. The number of aromatic nitrogens is 2. The molecule has 1 unspecified atom stereocenters. The predicted molar refractivity (Wildman–Crippen MR) is 99.4 cm³/mol. The largest absolute Gasteiger partial charge is 0.573 e. The molecule has 1 aromatic carbocycles. The molecule has 1 aliphatic rings. The summed E-state index contributed by atoms with van der Waals surface area (Å²) in [5, 5.41) is 7.05. The molecule has 0 radical (unpaired) electrons. The van der Waals surface area contributed by atoms with Crippen LogP contribution in [0, 0.1) is 5.92 Å². The van der Waals surface area contributed by atoms with Gasteiger partial charge in [0.05, 0.1) is 5.92 Å². The Bertz CT molecular complexity index is 912. The third kappa shape index (κ3) is 5.72. The Morgan fingerprint density at radius 3 is 2.62 bits per heavy atom. The van der Waals surface area contributed by atoms with Crippen molar-refractivity contribution >= 4 is 11.7 Å². The number of hydrogen-bond acceptors (Lipinski definition) is 5. The van der Waals surface area contributed by atoms with Crippen LogP contribution in [0.25, 0.3) is 0 Å². The first-order valence-corrected chi connectivity index (χ1v) is 9.13. The van der Waals surface area contributed by atoms with Gasteiger partial charge in [0.1, 0.15) is 11.6 Å². The highest BCUT2D eigenvalue weighted by atomic mass is 19.4. The molecule has 1 N–H and O–H groups in total. The number of rotatable bonds is 5. The zero-order valence-electron chi connectivity index (χ0n) is 15.8. The molecule has 1 aliphatic heterocycles. The number of benzene rings is 1. The fourth-order valence-corrected chi connectivity index (χ4v) is 3.20. The van der Waals surface area contributed by atoms with Gasteiger partial charge in [0.15, 0.2) is 0 Å². The van der Waals surface area contributed by atoms with E-state index in [4.69, 9.17) is 0 Å². The molecule has 1 atom stereocenters. The van der Waals surface area contributed by atoms with Crippen LogP contribution in [0.2, 0.25) is 0 Å². The Hall–Kier alpha value is -3.04. The van der Waals surface area contributed by atoms with Gasteiger partial charge >= 0.3 is 6.36 Å². The van der Waals surface area contributed by atoms with Gasteiger partial charge in [0.2, 0.25) is 5.91 Å². The molecule has 0 aliphatic carbocycles. The summed E-state index contributed by atoms with van der Waals surface area (Å²) in [4.78, 5) is 26.0. The summed E-state index contributed by atoms with van der Waals surface area (Å²) in [6.07, 6.45) is -3.19. The standard InChI is InChI=1S/C19H21F3N4O3/c1-25-17(27)9-8-16(24-25)26-10-2-3-14(12-26)18(28)23-11-13-4-6-15(7-5-13)29-19(20,21)22/h4-9,14H,2-3,10-12H2,1H3,(H,23,28). The van der Waals surface area contributed by atoms with E-state index < -0.39 is 6.36 Å². The molecule has 2 heterocycles. The van der Waals surface area contributed by atoms with Gasteiger partial charge in [0.25, 0.3) is 5.56 Å². The number of ether oxygens (including phenoxy) is 1. The lowest BCUT2D eigenvalue weighted by molar-refractivity contribution is -0.274. The molecule has 7 nitrogen and oxygen atoms in total. The number of carbonyl (C=O) groups excluding carboxylic acids is 1. The Balaban J connectivity index is 1.55. The number of nitrogens with zero attached hydrogens (tertiary/aromatic N) is 3. The van der Waals surface area contributed by atoms with Gasteiger partial charge < -0.3 is 15.0 Å². The van der Waals surface area contributed by atoms with Gasteiger partial charge in [-0.3, -0.25) is 9.59 Å². The maximum Gasteiger partial charge on any atom is 0.573 e. The van der Waals surface area contributed by atoms with Crippen LogP contribution >= 0.6 is 0 Å². The molecule has 1 fully saturated rings. The molecule has 0 spiro atoms. The molecule has 0 bridgehead atoms. The summed E-state index contributed by atoms with van der Waals surface area (Å²) in [7, 11) is 1.57. The first-order chi connectivity index (χ1) is 13.7. The number of hydrogen-bond donors (Lipinski definition) is 1. The minimum Gasteiger partial charge on any atom is -0.406 e. The summed E-state index contributed by atoms with van der Waals surface area (Å²) < 4.78 is 41.7. The van der Waals surface area contributed by atoms with Crippen LogP contribution in [0.4, 0.5) is 19.0 Å². The highest BCUT2D eigenvalue weighted by Crippen LogP contribution is 2.23. The third-order valence-corrected chi connectivity index (χ3v) is 4.69. The number of halogens is 3. The van der Waals surface area contributed by atoms with Crippen molar-refractivity contribution in [3.8, 4) is 5.75 Å². The van der Waals surface area contributed by atoms with Gasteiger partial charge in [-0.05, 0) is 36.6 Å². The average Bonchev–Trinajstić information content (AvgIpc) is 2.68. The van der Waals surface area contributed by atoms with E-state index in [0.29, 0.717) is 17.9 Å². The van der Waals surface area contributed by atoms with Crippen molar-refractivity contribution in [3.63, 3.8) is 0 Å². The maximum atomic E-state index is 12.5. The average molecular weight is 410 g/mol. The van der Waals surface area contributed by atoms with E-state index in [-0.39, 0.29) is 29.7 Å². The van der Waals surface area contributed by atoms with Crippen molar-refractivity contribution in [3.05, 3.63) is 52.3 Å². The van der Waals surface area contributed by atoms with Crippen molar-refractivity contribution in [2.45, 2.75) is 25.7 Å². The first-order valence-electron chi connectivity index (χ1n) is 9.13. The lowest BCUT2D eigenvalue weighted by Gasteiger charge is -2.32. The van der Waals surface area contributed by atoms with Crippen LogP contribution in [0.3, 0.4) is 0 Å². The van der Waals surface area contributed by atoms with Gasteiger partial charge in [-0.25, -0.2) is 4.68 Å². The SMILES string of the molecule is Cn1nc(N2CCCC(C(=O)NCc3ccc(OC(F)(F)F)cc3)C2)ccc1=O. The number of anilines is 1. The van der Waals surface area contributed by atoms with Crippen molar-refractivity contribution in [1.29, 1.82) is 0 Å². The van der Waals surface area contributed by atoms with Crippen molar-refractivity contribution in [2.75, 3.05) is 18.0 Å². The molecule has 2 aromatic rings. The van der Waals surface area contributed by atoms with Gasteiger partial charge in [-0.1, -0.05) is 12.1 Å². The minimum atomic E-state index is -4.73. The summed E-state index contributed by atoms with van der Waals surface area (Å²) in [6.45, 7) is 1.44. The quantitative estimate of drug-likeness (QED) is 0.818. The van der Waals surface area contributed by atoms with Gasteiger partial charge in [-0.15, -0.1) is 13.2 Å². The monoisotopic (exact) mass is 410 g/mol. The first kappa shape index (κ1) is 20.7. The summed E-state index contributed by atoms with van der Waals surface area (Å²) in [6, 6.07) is 8.46.